The van der Waals surface area contributed by atoms with Crippen LogP contribution in [0.5, 0.6) is 5.75 Å². The summed E-state index contributed by atoms with van der Waals surface area (Å²) in [5.41, 5.74) is 1.15. The quantitative estimate of drug-likeness (QED) is 0.733. The molecule has 0 N–H and O–H groups in total. The van der Waals surface area contributed by atoms with Crippen LogP contribution in [0.3, 0.4) is 0 Å². The third-order valence-electron chi connectivity index (χ3n) is 4.20. The van der Waals surface area contributed by atoms with Gasteiger partial charge in [-0.1, -0.05) is 18.2 Å². The molecule has 0 fully saturated rings. The third kappa shape index (κ3) is 6.96. The van der Waals surface area contributed by atoms with E-state index in [0.717, 1.165) is 21.9 Å². The van der Waals surface area contributed by atoms with E-state index >= 15 is 0 Å². The molecule has 0 saturated carbocycles. The van der Waals surface area contributed by atoms with Crippen molar-refractivity contribution in [2.75, 3.05) is 59.8 Å². The summed E-state index contributed by atoms with van der Waals surface area (Å²) in [6, 6.07) is 6.05. The van der Waals surface area contributed by atoms with E-state index < -0.39 is 0 Å². The molecule has 6 nitrogen and oxygen atoms in total. The maximum absolute atomic E-state index is 5.93. The molecule has 2 heterocycles. The predicted molar refractivity (Wildman–Crippen MR) is 109 cm³/mol. The maximum Gasteiger partial charge on any atom is 0.145 e. The van der Waals surface area contributed by atoms with Crippen molar-refractivity contribution in [1.82, 2.24) is 4.90 Å². The Bertz CT molecular complexity index is 813. The van der Waals surface area contributed by atoms with Gasteiger partial charge in [0.25, 0.3) is 0 Å². The SMILES string of the molecule is CN1C=CC(=CC=c2ccc3c(c2)OCCOCCOCCOCCN=3)C=C1. The molecule has 0 amide bonds. The Kier molecular flexibility index (Phi) is 8.30. The van der Waals surface area contributed by atoms with Gasteiger partial charge in [-0.05, 0) is 35.1 Å². The molecule has 0 bridgehead atoms. The molecule has 1 aromatic carbocycles. The van der Waals surface area contributed by atoms with Crippen molar-refractivity contribution in [2.24, 2.45) is 4.99 Å². The molecular formula is C22H28N2O4. The molecule has 150 valence electrons. The molecule has 0 atom stereocenters. The molecule has 0 radical (unpaired) electrons. The Labute approximate surface area is 166 Å². The molecule has 0 aliphatic carbocycles. The largest absolute Gasteiger partial charge is 0.489 e. The van der Waals surface area contributed by atoms with Crippen LogP contribution in [0.25, 0.3) is 6.08 Å². The summed E-state index contributed by atoms with van der Waals surface area (Å²) >= 11 is 0. The number of rotatable bonds is 1. The van der Waals surface area contributed by atoms with Crippen molar-refractivity contribution in [3.63, 3.8) is 0 Å². The molecule has 2 aliphatic rings. The average Bonchev–Trinajstić information content (AvgIpc) is 2.72. The molecule has 1 aromatic rings. The fraction of sp³-hybridized carbons (Fsp3) is 0.409. The van der Waals surface area contributed by atoms with Gasteiger partial charge in [0.1, 0.15) is 12.4 Å². The minimum Gasteiger partial charge on any atom is -0.489 e. The zero-order chi connectivity index (χ0) is 19.4. The van der Waals surface area contributed by atoms with Crippen LogP contribution in [0, 0.1) is 0 Å². The second kappa shape index (κ2) is 11.4. The first kappa shape index (κ1) is 20.3. The maximum atomic E-state index is 5.93. The second-order valence-corrected chi connectivity index (χ2v) is 6.42. The second-order valence-electron chi connectivity index (χ2n) is 6.42. The molecule has 0 spiro atoms. The van der Waals surface area contributed by atoms with Gasteiger partial charge in [-0.15, -0.1) is 0 Å². The molecule has 3 rings (SSSR count). The van der Waals surface area contributed by atoms with Crippen molar-refractivity contribution < 1.29 is 18.9 Å². The van der Waals surface area contributed by atoms with Gasteiger partial charge >= 0.3 is 0 Å². The van der Waals surface area contributed by atoms with Crippen molar-refractivity contribution in [1.29, 1.82) is 0 Å². The van der Waals surface area contributed by atoms with E-state index in [4.69, 9.17) is 18.9 Å². The lowest BCUT2D eigenvalue weighted by Crippen LogP contribution is -2.17. The number of nitrogens with zero attached hydrogens (tertiary/aromatic N) is 2. The lowest BCUT2D eigenvalue weighted by Gasteiger charge is -2.11. The van der Waals surface area contributed by atoms with Crippen LogP contribution in [0.1, 0.15) is 0 Å². The van der Waals surface area contributed by atoms with Crippen molar-refractivity contribution in [2.45, 2.75) is 0 Å². The first-order valence-electron chi connectivity index (χ1n) is 9.62. The van der Waals surface area contributed by atoms with Gasteiger partial charge in [0, 0.05) is 19.4 Å². The van der Waals surface area contributed by atoms with Gasteiger partial charge in [0.05, 0.1) is 51.5 Å². The highest BCUT2D eigenvalue weighted by Crippen LogP contribution is 2.07. The summed E-state index contributed by atoms with van der Waals surface area (Å²) in [6.07, 6.45) is 12.4. The van der Waals surface area contributed by atoms with E-state index in [1.165, 1.54) is 0 Å². The van der Waals surface area contributed by atoms with Crippen molar-refractivity contribution in [3.8, 4) is 5.75 Å². The van der Waals surface area contributed by atoms with Gasteiger partial charge in [-0.2, -0.15) is 0 Å². The van der Waals surface area contributed by atoms with E-state index in [2.05, 4.69) is 29.3 Å². The van der Waals surface area contributed by atoms with Crippen LogP contribution >= 0.6 is 0 Å². The van der Waals surface area contributed by atoms with Crippen molar-refractivity contribution in [3.05, 3.63) is 65.0 Å². The number of allylic oxidation sites excluding steroid dienone is 4. The summed E-state index contributed by atoms with van der Waals surface area (Å²) < 4.78 is 22.4. The van der Waals surface area contributed by atoms with Crippen LogP contribution in [0.2, 0.25) is 0 Å². The van der Waals surface area contributed by atoms with Gasteiger partial charge in [-0.25, -0.2) is 0 Å². The fourth-order valence-electron chi connectivity index (χ4n) is 2.68. The summed E-state index contributed by atoms with van der Waals surface area (Å²) in [4.78, 5) is 6.62. The van der Waals surface area contributed by atoms with E-state index in [1.54, 1.807) is 0 Å². The van der Waals surface area contributed by atoms with Gasteiger partial charge in [-0.3, -0.25) is 4.99 Å². The van der Waals surface area contributed by atoms with E-state index in [0.29, 0.717) is 52.8 Å². The highest BCUT2D eigenvalue weighted by Gasteiger charge is 2.00. The van der Waals surface area contributed by atoms with E-state index in [-0.39, 0.29) is 0 Å². The first-order valence-corrected chi connectivity index (χ1v) is 9.62. The molecule has 6 heteroatoms. The standard InChI is InChI=1S/C22H28N2O4/c1-24-9-6-19(7-10-24)2-3-20-4-5-21-22(18-20)28-17-16-27-15-14-26-13-12-25-11-8-23-21/h2-7,9-10,18H,8,11-17H2,1H3. The number of benzene rings is 1. The molecule has 0 aromatic heterocycles. The van der Waals surface area contributed by atoms with Crippen LogP contribution < -0.4 is 15.3 Å². The number of hydrogen-bond acceptors (Lipinski definition) is 6. The Morgan fingerprint density at radius 2 is 1.54 bits per heavy atom. The Balaban J connectivity index is 1.76. The van der Waals surface area contributed by atoms with E-state index in [9.17, 15) is 0 Å². The van der Waals surface area contributed by atoms with Crippen LogP contribution in [-0.4, -0.2) is 64.7 Å². The molecule has 0 saturated heterocycles. The highest BCUT2D eigenvalue weighted by molar-refractivity contribution is 5.48. The van der Waals surface area contributed by atoms with Crippen molar-refractivity contribution >= 4 is 6.08 Å². The molecule has 0 unspecified atom stereocenters. The van der Waals surface area contributed by atoms with Crippen LogP contribution in [0.4, 0.5) is 0 Å². The van der Waals surface area contributed by atoms with Crippen LogP contribution in [-0.2, 0) is 14.2 Å². The Morgan fingerprint density at radius 1 is 0.857 bits per heavy atom. The Morgan fingerprint density at radius 3 is 2.29 bits per heavy atom. The van der Waals surface area contributed by atoms with Gasteiger partial charge < -0.3 is 23.8 Å². The first-order chi connectivity index (χ1) is 13.8. The summed E-state index contributed by atoms with van der Waals surface area (Å²) in [6.45, 7) is 4.40. The highest BCUT2D eigenvalue weighted by atomic mass is 16.6. The lowest BCUT2D eigenvalue weighted by molar-refractivity contribution is 0.0110. The Hall–Kier alpha value is -2.41. The number of fused-ring (bicyclic) bond motifs is 1. The molecule has 28 heavy (non-hydrogen) atoms. The fourth-order valence-corrected chi connectivity index (χ4v) is 2.68. The molecular weight excluding hydrogens is 356 g/mol. The predicted octanol–water partition coefficient (Wildman–Crippen LogP) is 1.43. The van der Waals surface area contributed by atoms with E-state index in [1.807, 2.05) is 42.5 Å². The average molecular weight is 384 g/mol. The van der Waals surface area contributed by atoms with Gasteiger partial charge in [0.2, 0.25) is 0 Å². The molecule has 2 aliphatic heterocycles. The minimum atomic E-state index is 0.474. The summed E-state index contributed by atoms with van der Waals surface area (Å²) in [5, 5.41) is 1.89. The third-order valence-corrected chi connectivity index (χ3v) is 4.20. The lowest BCUT2D eigenvalue weighted by atomic mass is 10.2. The zero-order valence-electron chi connectivity index (χ0n) is 16.4. The smallest absolute Gasteiger partial charge is 0.145 e. The topological polar surface area (TPSA) is 52.5 Å². The van der Waals surface area contributed by atoms with Gasteiger partial charge in [0.15, 0.2) is 0 Å². The monoisotopic (exact) mass is 384 g/mol. The van der Waals surface area contributed by atoms with Crippen LogP contribution in [0.15, 0.2) is 59.4 Å². The summed E-state index contributed by atoms with van der Waals surface area (Å²) in [7, 11) is 2.01. The zero-order valence-corrected chi connectivity index (χ0v) is 16.4. The minimum absolute atomic E-state index is 0.474. The number of hydrogen-bond donors (Lipinski definition) is 0. The number of ether oxygens (including phenoxy) is 4. The normalized spacial score (nSPS) is 19.8. The summed E-state index contributed by atoms with van der Waals surface area (Å²) in [5.74, 6) is 0.760.